The Morgan fingerprint density at radius 2 is 1.00 bits per heavy atom. The topological polar surface area (TPSA) is 76.7 Å². The van der Waals surface area contributed by atoms with Crippen molar-refractivity contribution in [2.45, 2.75) is 13.1 Å². The van der Waals surface area contributed by atoms with Gasteiger partial charge in [0.1, 0.15) is 0 Å². The Bertz CT molecular complexity index is 950. The van der Waals surface area contributed by atoms with Crippen molar-refractivity contribution in [1.29, 1.82) is 0 Å². The van der Waals surface area contributed by atoms with E-state index in [1.54, 1.807) is 24.3 Å². The molecule has 0 aromatic heterocycles. The van der Waals surface area contributed by atoms with Crippen LogP contribution in [0.4, 0.5) is 11.4 Å². The number of carbonyl (C=O) groups is 2. The summed E-state index contributed by atoms with van der Waals surface area (Å²) in [6, 6.07) is 22.5. The summed E-state index contributed by atoms with van der Waals surface area (Å²) in [4.78, 5) is 23.9. The fourth-order valence-electron chi connectivity index (χ4n) is 3.13. The van der Waals surface area contributed by atoms with Crippen LogP contribution in [0.25, 0.3) is 0 Å². The zero-order valence-corrected chi connectivity index (χ0v) is 17.0. The summed E-state index contributed by atoms with van der Waals surface area (Å²) in [6.07, 6.45) is 0. The molecule has 0 spiro atoms. The summed E-state index contributed by atoms with van der Waals surface area (Å²) in [5.41, 5.74) is 4.54. The summed E-state index contributed by atoms with van der Waals surface area (Å²) in [6.45, 7) is 1.06. The molecule has 0 saturated carbocycles. The summed E-state index contributed by atoms with van der Waals surface area (Å²) in [5, 5.41) is 6.64. The smallest absolute Gasteiger partial charge is 0.339 e. The fourth-order valence-corrected chi connectivity index (χ4v) is 3.13. The van der Waals surface area contributed by atoms with E-state index >= 15 is 0 Å². The molecule has 0 bridgehead atoms. The summed E-state index contributed by atoms with van der Waals surface area (Å²) >= 11 is 0. The molecule has 0 unspecified atom stereocenters. The van der Waals surface area contributed by atoms with Crippen LogP contribution in [-0.4, -0.2) is 26.2 Å². The molecule has 3 aromatic carbocycles. The first-order chi connectivity index (χ1) is 14.6. The van der Waals surface area contributed by atoms with Crippen molar-refractivity contribution >= 4 is 23.3 Å². The largest absolute Gasteiger partial charge is 0.465 e. The molecular weight excluding hydrogens is 380 g/mol. The molecular formula is C24H24N2O4. The van der Waals surface area contributed by atoms with E-state index in [4.69, 9.17) is 9.47 Å². The minimum absolute atomic E-state index is 0.382. The third-order valence-electron chi connectivity index (χ3n) is 4.72. The minimum atomic E-state index is -0.382. The molecule has 3 rings (SSSR count). The molecule has 0 aliphatic carbocycles. The van der Waals surface area contributed by atoms with Gasteiger partial charge < -0.3 is 20.1 Å². The van der Waals surface area contributed by atoms with E-state index in [0.717, 1.165) is 11.1 Å². The molecule has 0 fully saturated rings. The van der Waals surface area contributed by atoms with Crippen molar-refractivity contribution in [1.82, 2.24) is 0 Å². The predicted octanol–water partition coefficient (Wildman–Crippen LogP) is 4.48. The maximum absolute atomic E-state index is 12.0. The van der Waals surface area contributed by atoms with Crippen LogP contribution in [0.2, 0.25) is 0 Å². The first kappa shape index (κ1) is 20.9. The number of esters is 2. The number of rotatable bonds is 8. The maximum atomic E-state index is 12.0. The Morgan fingerprint density at radius 3 is 1.40 bits per heavy atom. The van der Waals surface area contributed by atoms with Crippen molar-refractivity contribution in [2.75, 3.05) is 24.9 Å². The van der Waals surface area contributed by atoms with Crippen LogP contribution in [-0.2, 0) is 22.6 Å². The highest BCUT2D eigenvalue weighted by atomic mass is 16.5. The van der Waals surface area contributed by atoms with Gasteiger partial charge in [-0.1, -0.05) is 48.5 Å². The lowest BCUT2D eigenvalue weighted by atomic mass is 10.1. The lowest BCUT2D eigenvalue weighted by Crippen LogP contribution is -2.11. The Kier molecular flexibility index (Phi) is 7.05. The first-order valence-corrected chi connectivity index (χ1v) is 9.53. The van der Waals surface area contributed by atoms with Crippen molar-refractivity contribution in [2.24, 2.45) is 0 Å². The van der Waals surface area contributed by atoms with E-state index in [9.17, 15) is 9.59 Å². The summed E-state index contributed by atoms with van der Waals surface area (Å²) in [5.74, 6) is -0.764. The van der Waals surface area contributed by atoms with Gasteiger partial charge in [0.05, 0.1) is 25.3 Å². The zero-order valence-electron chi connectivity index (χ0n) is 17.0. The normalized spacial score (nSPS) is 10.2. The zero-order chi connectivity index (χ0) is 21.3. The van der Waals surface area contributed by atoms with Crippen LogP contribution in [0.3, 0.4) is 0 Å². The van der Waals surface area contributed by atoms with Crippen molar-refractivity contribution in [3.8, 4) is 0 Å². The lowest BCUT2D eigenvalue weighted by Gasteiger charge is -2.15. The van der Waals surface area contributed by atoms with Gasteiger partial charge in [-0.25, -0.2) is 9.59 Å². The van der Waals surface area contributed by atoms with Gasteiger partial charge in [-0.15, -0.1) is 0 Å². The molecule has 154 valence electrons. The third kappa shape index (κ3) is 4.97. The predicted molar refractivity (Wildman–Crippen MR) is 117 cm³/mol. The van der Waals surface area contributed by atoms with Crippen LogP contribution < -0.4 is 10.6 Å². The second-order valence-electron chi connectivity index (χ2n) is 6.55. The highest BCUT2D eigenvalue weighted by Gasteiger charge is 2.13. The molecule has 0 aliphatic heterocycles. The van der Waals surface area contributed by atoms with Crippen LogP contribution >= 0.6 is 0 Å². The third-order valence-corrected chi connectivity index (χ3v) is 4.72. The molecule has 0 amide bonds. The van der Waals surface area contributed by atoms with Crippen LogP contribution in [0.5, 0.6) is 0 Å². The number of para-hydroxylation sites is 2. The van der Waals surface area contributed by atoms with Gasteiger partial charge in [-0.3, -0.25) is 0 Å². The SMILES string of the molecule is COC(=O)c1ccccc1NCc1ccccc1CNc1ccccc1C(=O)OC. The molecule has 30 heavy (non-hydrogen) atoms. The highest BCUT2D eigenvalue weighted by Crippen LogP contribution is 2.21. The van der Waals surface area contributed by atoms with Gasteiger partial charge in [0.15, 0.2) is 0 Å². The van der Waals surface area contributed by atoms with E-state index in [2.05, 4.69) is 10.6 Å². The lowest BCUT2D eigenvalue weighted by molar-refractivity contribution is 0.0593. The Morgan fingerprint density at radius 1 is 0.633 bits per heavy atom. The van der Waals surface area contributed by atoms with E-state index in [0.29, 0.717) is 35.6 Å². The number of hydrogen-bond donors (Lipinski definition) is 2. The van der Waals surface area contributed by atoms with Gasteiger partial charge in [-0.2, -0.15) is 0 Å². The molecule has 3 aromatic rings. The second kappa shape index (κ2) is 10.1. The van der Waals surface area contributed by atoms with E-state index in [1.807, 2.05) is 48.5 Å². The fraction of sp³-hybridized carbons (Fsp3) is 0.167. The second-order valence-corrected chi connectivity index (χ2v) is 6.55. The van der Waals surface area contributed by atoms with E-state index in [1.165, 1.54) is 14.2 Å². The number of nitrogens with one attached hydrogen (secondary N) is 2. The van der Waals surface area contributed by atoms with Gasteiger partial charge in [0, 0.05) is 24.5 Å². The average molecular weight is 404 g/mol. The number of ether oxygens (including phenoxy) is 2. The molecule has 0 aliphatic rings. The van der Waals surface area contributed by atoms with Crippen LogP contribution in [0.1, 0.15) is 31.8 Å². The average Bonchev–Trinajstić information content (AvgIpc) is 2.81. The molecule has 0 saturated heterocycles. The number of carbonyl (C=O) groups excluding carboxylic acids is 2. The number of benzene rings is 3. The van der Waals surface area contributed by atoms with E-state index in [-0.39, 0.29) is 11.9 Å². The molecule has 0 atom stereocenters. The monoisotopic (exact) mass is 404 g/mol. The minimum Gasteiger partial charge on any atom is -0.465 e. The molecule has 2 N–H and O–H groups in total. The Hall–Kier alpha value is -3.80. The van der Waals surface area contributed by atoms with Crippen LogP contribution in [0, 0.1) is 0 Å². The van der Waals surface area contributed by atoms with Gasteiger partial charge >= 0.3 is 11.9 Å². The maximum Gasteiger partial charge on any atom is 0.339 e. The molecule has 0 radical (unpaired) electrons. The quantitative estimate of drug-likeness (QED) is 0.539. The van der Waals surface area contributed by atoms with Crippen molar-refractivity contribution in [3.63, 3.8) is 0 Å². The van der Waals surface area contributed by atoms with Crippen molar-refractivity contribution < 1.29 is 19.1 Å². The standard InChI is InChI=1S/C24H24N2O4/c1-29-23(27)19-11-5-7-13-21(19)25-15-17-9-3-4-10-18(17)16-26-22-14-8-6-12-20(22)24(28)30-2/h3-14,25-26H,15-16H2,1-2H3. The summed E-state index contributed by atoms with van der Waals surface area (Å²) < 4.78 is 9.71. The van der Waals surface area contributed by atoms with Crippen LogP contribution in [0.15, 0.2) is 72.8 Å². The van der Waals surface area contributed by atoms with Crippen molar-refractivity contribution in [3.05, 3.63) is 95.1 Å². The van der Waals surface area contributed by atoms with Gasteiger partial charge in [0.2, 0.25) is 0 Å². The number of anilines is 2. The Labute approximate surface area is 175 Å². The highest BCUT2D eigenvalue weighted by molar-refractivity contribution is 5.96. The number of hydrogen-bond acceptors (Lipinski definition) is 6. The first-order valence-electron chi connectivity index (χ1n) is 9.53. The molecule has 6 nitrogen and oxygen atoms in total. The van der Waals surface area contributed by atoms with Gasteiger partial charge in [0.25, 0.3) is 0 Å². The molecule has 6 heteroatoms. The molecule has 0 heterocycles. The van der Waals surface area contributed by atoms with Gasteiger partial charge in [-0.05, 0) is 35.4 Å². The number of methoxy groups -OCH3 is 2. The van der Waals surface area contributed by atoms with E-state index < -0.39 is 0 Å². The summed E-state index contributed by atoms with van der Waals surface area (Å²) in [7, 11) is 2.73. The Balaban J connectivity index is 1.74.